The second-order valence-corrected chi connectivity index (χ2v) is 10.8. The fourth-order valence-corrected chi connectivity index (χ4v) is 5.60. The number of nitrogens with one attached hydrogen (secondary N) is 1. The molecule has 1 saturated carbocycles. The van der Waals surface area contributed by atoms with E-state index >= 15 is 0 Å². The summed E-state index contributed by atoms with van der Waals surface area (Å²) in [5.41, 5.74) is 1.02. The van der Waals surface area contributed by atoms with Crippen molar-refractivity contribution in [2.24, 2.45) is 0 Å². The average Bonchev–Trinajstić information content (AvgIpc) is 3.06. The van der Waals surface area contributed by atoms with Crippen LogP contribution in [0.2, 0.25) is 0 Å². The van der Waals surface area contributed by atoms with Crippen molar-refractivity contribution in [1.82, 2.24) is 13.9 Å². The van der Waals surface area contributed by atoms with Crippen LogP contribution in [0, 0.1) is 5.82 Å². The minimum absolute atomic E-state index is 0.0151. The molecular formula is C22H34FN3O5S. The highest BCUT2D eigenvalue weighted by atomic mass is 32.2. The van der Waals surface area contributed by atoms with Crippen molar-refractivity contribution in [3.8, 4) is 0 Å². The maximum atomic E-state index is 13.5. The zero-order valence-corrected chi connectivity index (χ0v) is 20.0. The fraction of sp³-hybridized carbons (Fsp3) is 0.682. The molecule has 1 amide bonds. The Morgan fingerprint density at radius 1 is 1.25 bits per heavy atom. The van der Waals surface area contributed by atoms with Crippen molar-refractivity contribution < 1.29 is 27.1 Å². The summed E-state index contributed by atoms with van der Waals surface area (Å²) < 4.78 is 53.3. The molecule has 10 heteroatoms. The first-order valence-corrected chi connectivity index (χ1v) is 12.5. The molecule has 0 radical (unpaired) electrons. The van der Waals surface area contributed by atoms with Gasteiger partial charge in [-0.2, -0.15) is 17.4 Å². The van der Waals surface area contributed by atoms with Crippen LogP contribution in [-0.2, 0) is 19.7 Å². The minimum Gasteiger partial charge on any atom is -0.453 e. The van der Waals surface area contributed by atoms with E-state index in [1.807, 2.05) is 13.0 Å². The molecule has 1 unspecified atom stereocenters. The molecular weight excluding hydrogens is 437 g/mol. The first-order valence-electron chi connectivity index (χ1n) is 11.1. The van der Waals surface area contributed by atoms with E-state index < -0.39 is 28.4 Å². The third kappa shape index (κ3) is 5.78. The van der Waals surface area contributed by atoms with Crippen LogP contribution in [0.25, 0.3) is 0 Å². The molecule has 2 aliphatic rings. The molecule has 1 aliphatic carbocycles. The fourth-order valence-electron chi connectivity index (χ4n) is 4.76. The van der Waals surface area contributed by atoms with E-state index in [0.29, 0.717) is 12.3 Å². The Labute approximate surface area is 190 Å². The number of carbonyl (C=O) groups excluding carboxylic acids is 1. The number of benzene rings is 1. The van der Waals surface area contributed by atoms with Gasteiger partial charge >= 0.3 is 6.09 Å². The van der Waals surface area contributed by atoms with Gasteiger partial charge in [-0.1, -0.05) is 12.1 Å². The van der Waals surface area contributed by atoms with Gasteiger partial charge in [0, 0.05) is 26.2 Å². The van der Waals surface area contributed by atoms with E-state index in [1.165, 1.54) is 27.3 Å². The first kappa shape index (κ1) is 24.9. The second kappa shape index (κ2) is 10.5. The molecule has 180 valence electrons. The molecule has 0 spiro atoms. The molecule has 1 aromatic carbocycles. The van der Waals surface area contributed by atoms with Gasteiger partial charge in [0.1, 0.15) is 5.82 Å². The summed E-state index contributed by atoms with van der Waals surface area (Å²) in [6, 6.07) is 5.63. The molecule has 2 fully saturated rings. The number of nitrogens with zero attached hydrogens (tertiary/aromatic N) is 2. The lowest BCUT2D eigenvalue weighted by molar-refractivity contribution is -0.00865. The number of carbonyl (C=O) groups is 1. The second-order valence-electron chi connectivity index (χ2n) is 8.90. The molecule has 0 bridgehead atoms. The quantitative estimate of drug-likeness (QED) is 0.661. The average molecular weight is 472 g/mol. The molecule has 1 N–H and O–H groups in total. The smallest absolute Gasteiger partial charge is 0.410 e. The molecule has 8 nitrogen and oxygen atoms in total. The first-order chi connectivity index (χ1) is 15.1. The Morgan fingerprint density at radius 3 is 2.53 bits per heavy atom. The number of rotatable bonds is 7. The van der Waals surface area contributed by atoms with Crippen LogP contribution in [0.3, 0.4) is 0 Å². The van der Waals surface area contributed by atoms with Crippen molar-refractivity contribution >= 4 is 16.3 Å². The van der Waals surface area contributed by atoms with Crippen molar-refractivity contribution in [2.45, 2.75) is 69.2 Å². The van der Waals surface area contributed by atoms with E-state index in [0.717, 1.165) is 35.6 Å². The van der Waals surface area contributed by atoms with Crippen LogP contribution in [0.4, 0.5) is 9.18 Å². The Bertz CT molecular complexity index is 889. The Hall–Kier alpha value is -1.75. The van der Waals surface area contributed by atoms with Crippen LogP contribution < -0.4 is 4.72 Å². The summed E-state index contributed by atoms with van der Waals surface area (Å²) >= 11 is 0. The number of hydrogen-bond donors (Lipinski definition) is 1. The molecule has 1 aliphatic heterocycles. The third-order valence-electron chi connectivity index (χ3n) is 6.56. The monoisotopic (exact) mass is 471 g/mol. The van der Waals surface area contributed by atoms with Gasteiger partial charge in [0.15, 0.2) is 0 Å². The standard InChI is InChI=1S/C22H34FN3O5S/c1-15-12-20(24-32(28,29)25(2)3)21(26(15)22(27)30-4)14-31-19-10-8-16(9-11-19)17-6-5-7-18(23)13-17/h5-7,13,15-16,19-21,24H,8-12,14H2,1-4H3/t15-,16-,19+,20+,21?/m1/s1. The summed E-state index contributed by atoms with van der Waals surface area (Å²) in [5.74, 6) is 0.0913. The van der Waals surface area contributed by atoms with Crippen LogP contribution in [-0.4, -0.2) is 75.8 Å². The van der Waals surface area contributed by atoms with Gasteiger partial charge in [-0.05, 0) is 62.6 Å². The van der Waals surface area contributed by atoms with E-state index in [2.05, 4.69) is 4.72 Å². The molecule has 3 atom stereocenters. The molecule has 3 rings (SSSR count). The Kier molecular flexibility index (Phi) is 8.13. The number of hydrogen-bond acceptors (Lipinski definition) is 5. The van der Waals surface area contributed by atoms with Gasteiger partial charge in [0.2, 0.25) is 0 Å². The highest BCUT2D eigenvalue weighted by molar-refractivity contribution is 7.87. The van der Waals surface area contributed by atoms with Crippen molar-refractivity contribution in [3.05, 3.63) is 35.6 Å². The van der Waals surface area contributed by atoms with Crippen LogP contribution in [0.15, 0.2) is 24.3 Å². The number of methoxy groups -OCH3 is 1. The predicted octanol–water partition coefficient (Wildman–Crippen LogP) is 2.86. The molecule has 1 saturated heterocycles. The van der Waals surface area contributed by atoms with E-state index in [4.69, 9.17) is 9.47 Å². The summed E-state index contributed by atoms with van der Waals surface area (Å²) in [7, 11) is 0.577. The lowest BCUT2D eigenvalue weighted by atomic mass is 9.82. The van der Waals surface area contributed by atoms with Crippen molar-refractivity contribution in [2.75, 3.05) is 27.8 Å². The SMILES string of the molecule is COC(=O)N1C(CO[C@H]2CC[C@@H](c3cccc(F)c3)CC2)[C@@H](NS(=O)(=O)N(C)C)C[C@H]1C. The van der Waals surface area contributed by atoms with E-state index in [9.17, 15) is 17.6 Å². The molecule has 1 heterocycles. The topological polar surface area (TPSA) is 88.2 Å². The lowest BCUT2D eigenvalue weighted by Gasteiger charge is -2.33. The van der Waals surface area contributed by atoms with Gasteiger partial charge in [0.05, 0.1) is 25.9 Å². The van der Waals surface area contributed by atoms with E-state index in [-0.39, 0.29) is 24.6 Å². The van der Waals surface area contributed by atoms with Crippen molar-refractivity contribution in [3.63, 3.8) is 0 Å². The third-order valence-corrected chi connectivity index (χ3v) is 8.12. The lowest BCUT2D eigenvalue weighted by Crippen LogP contribution is -2.52. The zero-order valence-electron chi connectivity index (χ0n) is 19.2. The molecule has 1 aromatic rings. The summed E-state index contributed by atoms with van der Waals surface area (Å²) in [5, 5.41) is 0. The molecule has 32 heavy (non-hydrogen) atoms. The number of likely N-dealkylation sites (tertiary alicyclic amines) is 1. The van der Waals surface area contributed by atoms with Gasteiger partial charge in [-0.25, -0.2) is 9.18 Å². The highest BCUT2D eigenvalue weighted by Crippen LogP contribution is 2.35. The van der Waals surface area contributed by atoms with Gasteiger partial charge in [-0.3, -0.25) is 4.90 Å². The minimum atomic E-state index is -3.66. The summed E-state index contributed by atoms with van der Waals surface area (Å²) in [4.78, 5) is 14.0. The highest BCUT2D eigenvalue weighted by Gasteiger charge is 2.44. The molecule has 0 aromatic heterocycles. The van der Waals surface area contributed by atoms with Gasteiger partial charge < -0.3 is 9.47 Å². The Balaban J connectivity index is 1.62. The van der Waals surface area contributed by atoms with Crippen molar-refractivity contribution in [1.29, 1.82) is 0 Å². The maximum absolute atomic E-state index is 13.5. The number of ether oxygens (including phenoxy) is 2. The van der Waals surface area contributed by atoms with E-state index in [1.54, 1.807) is 17.0 Å². The zero-order chi connectivity index (χ0) is 23.5. The summed E-state index contributed by atoms with van der Waals surface area (Å²) in [6.45, 7) is 2.09. The Morgan fingerprint density at radius 2 is 1.94 bits per heavy atom. The van der Waals surface area contributed by atoms with Crippen LogP contribution >= 0.6 is 0 Å². The van der Waals surface area contributed by atoms with Gasteiger partial charge in [0.25, 0.3) is 10.2 Å². The van der Waals surface area contributed by atoms with Crippen LogP contribution in [0.1, 0.15) is 50.5 Å². The predicted molar refractivity (Wildman–Crippen MR) is 119 cm³/mol. The number of halogens is 1. The number of amides is 1. The maximum Gasteiger partial charge on any atom is 0.410 e. The van der Waals surface area contributed by atoms with Crippen LogP contribution in [0.5, 0.6) is 0 Å². The van der Waals surface area contributed by atoms with Gasteiger partial charge in [-0.15, -0.1) is 0 Å². The normalized spacial score (nSPS) is 28.8. The summed E-state index contributed by atoms with van der Waals surface area (Å²) in [6.07, 6.45) is 3.45. The largest absolute Gasteiger partial charge is 0.453 e.